The first-order chi connectivity index (χ1) is 17.2. The Labute approximate surface area is 207 Å². The van der Waals surface area contributed by atoms with E-state index in [0.717, 1.165) is 54.7 Å². The molecule has 36 heavy (non-hydrogen) atoms. The van der Waals surface area contributed by atoms with E-state index in [1.807, 2.05) is 6.07 Å². The van der Waals surface area contributed by atoms with E-state index in [-0.39, 0.29) is 29.6 Å². The van der Waals surface area contributed by atoms with Crippen LogP contribution in [0, 0.1) is 17.3 Å². The van der Waals surface area contributed by atoms with Crippen LogP contribution in [0.5, 0.6) is 11.5 Å². The molecule has 5 rings (SSSR count). The second-order valence-electron chi connectivity index (χ2n) is 10.2. The summed E-state index contributed by atoms with van der Waals surface area (Å²) in [4.78, 5) is 5.63. The minimum absolute atomic E-state index is 0.0151. The quantitative estimate of drug-likeness (QED) is 0.370. The number of ether oxygens (including phenoxy) is 1. The Hall–Kier alpha value is -3.23. The van der Waals surface area contributed by atoms with Crippen LogP contribution in [0.2, 0.25) is 0 Å². The maximum Gasteiger partial charge on any atom is 0.416 e. The van der Waals surface area contributed by atoms with Gasteiger partial charge in [-0.25, -0.2) is 0 Å². The third-order valence-corrected chi connectivity index (χ3v) is 8.48. The highest BCUT2D eigenvalue weighted by atomic mass is 19.4. The zero-order valence-electron chi connectivity index (χ0n) is 20.2. The van der Waals surface area contributed by atoms with E-state index in [2.05, 4.69) is 17.2 Å². The van der Waals surface area contributed by atoms with Crippen molar-refractivity contribution in [2.75, 3.05) is 7.11 Å². The number of aromatic hydroxyl groups is 1. The Morgan fingerprint density at radius 1 is 1.14 bits per heavy atom. The molecule has 2 saturated carbocycles. The van der Waals surface area contributed by atoms with Crippen molar-refractivity contribution in [2.45, 2.75) is 57.7 Å². The van der Waals surface area contributed by atoms with Crippen LogP contribution < -0.4 is 4.74 Å². The number of phenolic OH excluding ortho intramolecular Hbond substituents is 1. The van der Waals surface area contributed by atoms with Crippen LogP contribution in [0.15, 0.2) is 46.7 Å². The van der Waals surface area contributed by atoms with Crippen molar-refractivity contribution < 1.29 is 33.1 Å². The van der Waals surface area contributed by atoms with Crippen LogP contribution in [0.4, 0.5) is 13.2 Å². The summed E-state index contributed by atoms with van der Waals surface area (Å²) in [6.45, 7) is 2.20. The van der Waals surface area contributed by atoms with Gasteiger partial charge in [-0.15, -0.1) is 0 Å². The first-order valence-electron chi connectivity index (χ1n) is 12.1. The fraction of sp³-hybridized carbons (Fsp3) is 0.481. The summed E-state index contributed by atoms with van der Waals surface area (Å²) >= 11 is 0. The molecule has 2 aromatic rings. The third-order valence-electron chi connectivity index (χ3n) is 8.48. The highest BCUT2D eigenvalue weighted by Crippen LogP contribution is 2.60. The zero-order chi connectivity index (χ0) is 25.7. The Kier molecular flexibility index (Phi) is 6.12. The second kappa shape index (κ2) is 9.01. The molecule has 0 saturated heterocycles. The number of alkyl halides is 3. The lowest BCUT2D eigenvalue weighted by molar-refractivity contribution is -0.137. The lowest BCUT2D eigenvalue weighted by atomic mass is 9.55. The molecule has 9 heteroatoms. The molecule has 0 heterocycles. The maximum absolute atomic E-state index is 12.8. The van der Waals surface area contributed by atoms with E-state index < -0.39 is 11.7 Å². The van der Waals surface area contributed by atoms with Crippen molar-refractivity contribution in [1.29, 1.82) is 0 Å². The molecule has 0 amide bonds. The number of benzene rings is 2. The molecule has 0 aliphatic heterocycles. The summed E-state index contributed by atoms with van der Waals surface area (Å²) in [5, 5.41) is 28.1. The molecule has 0 spiro atoms. The normalized spacial score (nSPS) is 29.5. The summed E-state index contributed by atoms with van der Waals surface area (Å²) in [6.07, 6.45) is -0.227. The summed E-state index contributed by atoms with van der Waals surface area (Å²) in [5.74, 6) is 1.23. The van der Waals surface area contributed by atoms with Gasteiger partial charge in [0.15, 0.2) is 11.5 Å². The van der Waals surface area contributed by atoms with Crippen molar-refractivity contribution in [3.8, 4) is 11.5 Å². The van der Waals surface area contributed by atoms with Crippen molar-refractivity contribution in [2.24, 2.45) is 27.6 Å². The van der Waals surface area contributed by atoms with Crippen LogP contribution >= 0.6 is 0 Å². The van der Waals surface area contributed by atoms with Gasteiger partial charge in [0.1, 0.15) is 6.61 Å². The largest absolute Gasteiger partial charge is 0.504 e. The highest BCUT2D eigenvalue weighted by molar-refractivity contribution is 6.04. The molecule has 0 unspecified atom stereocenters. The van der Waals surface area contributed by atoms with Crippen molar-refractivity contribution >= 4 is 11.4 Å². The van der Waals surface area contributed by atoms with Crippen molar-refractivity contribution in [1.82, 2.24) is 0 Å². The molecule has 2 fully saturated rings. The molecule has 2 aromatic carbocycles. The standard InChI is InChI=1S/C27H29F3N2O4/c1-26-10-9-17-18-13-24(35-2)23(33)12-20(18)22(11-19(17)21(26)7-8-25(26)31-34)32-36-14-15-3-5-16(6-4-15)27(28,29)30/h3-6,12-13,17,19,21,33-34H,7-11,14H2,1-2H3/t17-,19-,21+,26+/m1/s1. The molecule has 0 aromatic heterocycles. The monoisotopic (exact) mass is 502 g/mol. The molecule has 2 N–H and O–H groups in total. The average molecular weight is 503 g/mol. The number of rotatable bonds is 4. The van der Waals surface area contributed by atoms with E-state index >= 15 is 0 Å². The van der Waals surface area contributed by atoms with Gasteiger partial charge in [0.25, 0.3) is 0 Å². The molecule has 0 bridgehead atoms. The summed E-state index contributed by atoms with van der Waals surface area (Å²) in [6, 6.07) is 8.36. The van der Waals surface area contributed by atoms with Gasteiger partial charge in [-0.3, -0.25) is 0 Å². The van der Waals surface area contributed by atoms with Gasteiger partial charge < -0.3 is 19.9 Å². The number of nitrogens with zero attached hydrogens (tertiary/aromatic N) is 2. The van der Waals surface area contributed by atoms with Crippen LogP contribution in [-0.2, 0) is 17.6 Å². The van der Waals surface area contributed by atoms with Crippen molar-refractivity contribution in [3.05, 3.63) is 58.7 Å². The van der Waals surface area contributed by atoms with Gasteiger partial charge in [0, 0.05) is 11.0 Å². The zero-order valence-corrected chi connectivity index (χ0v) is 20.2. The topological polar surface area (TPSA) is 83.6 Å². The smallest absolute Gasteiger partial charge is 0.416 e. The van der Waals surface area contributed by atoms with Gasteiger partial charge in [-0.1, -0.05) is 29.4 Å². The molecular weight excluding hydrogens is 473 g/mol. The minimum atomic E-state index is -4.39. The molecule has 192 valence electrons. The molecule has 6 nitrogen and oxygen atoms in total. The molecule has 0 radical (unpaired) electrons. The Morgan fingerprint density at radius 2 is 1.89 bits per heavy atom. The molecule has 3 aliphatic carbocycles. The number of hydrogen-bond donors (Lipinski definition) is 2. The first-order valence-corrected chi connectivity index (χ1v) is 12.1. The second-order valence-corrected chi connectivity index (χ2v) is 10.2. The minimum Gasteiger partial charge on any atom is -0.504 e. The van der Waals surface area contributed by atoms with Crippen LogP contribution in [0.25, 0.3) is 0 Å². The van der Waals surface area contributed by atoms with E-state index in [0.29, 0.717) is 29.4 Å². The van der Waals surface area contributed by atoms with Crippen molar-refractivity contribution in [3.63, 3.8) is 0 Å². The average Bonchev–Trinajstić information content (AvgIpc) is 3.20. The van der Waals surface area contributed by atoms with Crippen LogP contribution in [-0.4, -0.2) is 28.8 Å². The fourth-order valence-electron chi connectivity index (χ4n) is 6.61. The van der Waals surface area contributed by atoms with E-state index in [4.69, 9.17) is 9.57 Å². The number of halogens is 3. The Balaban J connectivity index is 1.45. The Bertz CT molecular complexity index is 1210. The predicted molar refractivity (Wildman–Crippen MR) is 128 cm³/mol. The maximum atomic E-state index is 12.8. The summed E-state index contributed by atoms with van der Waals surface area (Å²) in [5.41, 5.74) is 3.10. The van der Waals surface area contributed by atoms with E-state index in [1.165, 1.54) is 19.2 Å². The van der Waals surface area contributed by atoms with Crippen LogP contribution in [0.3, 0.4) is 0 Å². The first kappa shape index (κ1) is 24.5. The summed E-state index contributed by atoms with van der Waals surface area (Å²) in [7, 11) is 1.52. The predicted octanol–water partition coefficient (Wildman–Crippen LogP) is 6.48. The van der Waals surface area contributed by atoms with Crippen LogP contribution in [0.1, 0.15) is 67.2 Å². The number of oxime groups is 2. The fourth-order valence-corrected chi connectivity index (χ4v) is 6.61. The number of hydrogen-bond acceptors (Lipinski definition) is 6. The number of fused-ring (bicyclic) bond motifs is 5. The van der Waals surface area contributed by atoms with E-state index in [1.54, 1.807) is 6.07 Å². The lowest BCUT2D eigenvalue weighted by Crippen LogP contribution is -2.43. The van der Waals surface area contributed by atoms with E-state index in [9.17, 15) is 23.5 Å². The van der Waals surface area contributed by atoms with Gasteiger partial charge in [-0.2, -0.15) is 13.2 Å². The summed E-state index contributed by atoms with van der Waals surface area (Å²) < 4.78 is 43.9. The third kappa shape index (κ3) is 4.08. The lowest BCUT2D eigenvalue weighted by Gasteiger charge is -2.48. The number of phenols is 1. The van der Waals surface area contributed by atoms with Gasteiger partial charge in [0.05, 0.1) is 24.1 Å². The van der Waals surface area contributed by atoms with Gasteiger partial charge >= 0.3 is 6.18 Å². The molecule has 3 aliphatic rings. The van der Waals surface area contributed by atoms with Gasteiger partial charge in [0.2, 0.25) is 0 Å². The number of methoxy groups -OCH3 is 1. The SMILES string of the molecule is COc1cc2c(cc1O)C(=NOCc1ccc(C(F)(F)F)cc1)C[C@@H]1[C@@H]2CC[C@]2(C)C(=NO)CC[C@@H]12. The highest BCUT2D eigenvalue weighted by Gasteiger charge is 2.54. The Morgan fingerprint density at radius 3 is 2.56 bits per heavy atom. The molecular formula is C27H29F3N2O4. The van der Waals surface area contributed by atoms with Gasteiger partial charge in [-0.05, 0) is 85.3 Å². The molecule has 4 atom stereocenters.